The van der Waals surface area contributed by atoms with Gasteiger partial charge in [0.15, 0.2) is 0 Å². The highest BCUT2D eigenvalue weighted by Gasteiger charge is 2.25. The molecule has 1 heteroatoms. The summed E-state index contributed by atoms with van der Waals surface area (Å²) in [4.78, 5) is 0. The van der Waals surface area contributed by atoms with Gasteiger partial charge in [0.25, 0.3) is 0 Å². The van der Waals surface area contributed by atoms with E-state index in [1.54, 1.807) is 0 Å². The highest BCUT2D eigenvalue weighted by atomic mass is 14.9. The molecule has 0 amide bonds. The molecule has 1 aliphatic carbocycles. The van der Waals surface area contributed by atoms with Gasteiger partial charge in [-0.2, -0.15) is 0 Å². The highest BCUT2D eigenvalue weighted by molar-refractivity contribution is 4.88. The molecule has 1 aliphatic rings. The summed E-state index contributed by atoms with van der Waals surface area (Å²) in [5.74, 6) is 4.65. The maximum atomic E-state index is 5.36. The molecule has 0 bridgehead atoms. The van der Waals surface area contributed by atoms with Crippen LogP contribution in [0.2, 0.25) is 0 Å². The molecule has 0 radical (unpaired) electrons. The Kier molecular flexibility index (Phi) is 7.37. The van der Waals surface area contributed by atoms with E-state index in [9.17, 15) is 0 Å². The van der Waals surface area contributed by atoms with Gasteiger partial charge < -0.3 is 5.32 Å². The predicted octanol–water partition coefficient (Wildman–Crippen LogP) is 3.98. The van der Waals surface area contributed by atoms with Gasteiger partial charge in [-0.05, 0) is 38.1 Å². The fourth-order valence-electron chi connectivity index (χ4n) is 3.23. The van der Waals surface area contributed by atoms with Crippen molar-refractivity contribution in [1.29, 1.82) is 0 Å². The Hall–Kier alpha value is -0.480. The van der Waals surface area contributed by atoms with Crippen molar-refractivity contribution >= 4 is 0 Å². The monoisotopic (exact) mass is 235 g/mol. The molecule has 0 aromatic heterocycles. The Balaban J connectivity index is 2.26. The van der Waals surface area contributed by atoms with Crippen LogP contribution < -0.4 is 5.32 Å². The van der Waals surface area contributed by atoms with Crippen molar-refractivity contribution in [1.82, 2.24) is 5.32 Å². The summed E-state index contributed by atoms with van der Waals surface area (Å²) in [7, 11) is 2.09. The fourth-order valence-corrected chi connectivity index (χ4v) is 3.23. The zero-order valence-electron chi connectivity index (χ0n) is 11.7. The maximum absolute atomic E-state index is 5.36. The lowest BCUT2D eigenvalue weighted by Gasteiger charge is -2.33. The fraction of sp³-hybridized carbons (Fsp3) is 0.875. The molecule has 98 valence electrons. The summed E-state index contributed by atoms with van der Waals surface area (Å²) in [6, 6.07) is 0.651. The molecule has 0 heterocycles. The molecule has 17 heavy (non-hydrogen) atoms. The Morgan fingerprint density at radius 3 is 2.53 bits per heavy atom. The first kappa shape index (κ1) is 14.6. The average Bonchev–Trinajstić information content (AvgIpc) is 2.38. The standard InChI is InChI=1S/C16H29N/c1-4-6-8-14-10-12-15(13-11-14)16(17-3)9-7-5-2/h2,14-17H,4,6-13H2,1,3H3. The smallest absolute Gasteiger partial charge is 0.0101 e. The summed E-state index contributed by atoms with van der Waals surface area (Å²) in [6.45, 7) is 2.29. The van der Waals surface area contributed by atoms with E-state index in [0.717, 1.165) is 24.7 Å². The summed E-state index contributed by atoms with van der Waals surface area (Å²) < 4.78 is 0. The number of terminal acetylenes is 1. The first-order chi connectivity index (χ1) is 8.31. The third-order valence-corrected chi connectivity index (χ3v) is 4.40. The van der Waals surface area contributed by atoms with Crippen LogP contribution in [0.5, 0.6) is 0 Å². The Labute approximate surface area is 108 Å². The second-order valence-corrected chi connectivity index (χ2v) is 5.56. The quantitative estimate of drug-likeness (QED) is 0.658. The van der Waals surface area contributed by atoms with Crippen LogP contribution in [-0.4, -0.2) is 13.1 Å². The Morgan fingerprint density at radius 2 is 2.00 bits per heavy atom. The molecule has 0 saturated heterocycles. The topological polar surface area (TPSA) is 12.0 Å². The van der Waals surface area contributed by atoms with Crippen molar-refractivity contribution in [2.45, 2.75) is 70.8 Å². The van der Waals surface area contributed by atoms with Gasteiger partial charge in [0.1, 0.15) is 0 Å². The lowest BCUT2D eigenvalue weighted by molar-refractivity contribution is 0.212. The highest BCUT2D eigenvalue weighted by Crippen LogP contribution is 2.34. The Bertz CT molecular complexity index is 220. The SMILES string of the molecule is C#CCCC(NC)C1CCC(CCCC)CC1. The number of nitrogens with one attached hydrogen (secondary N) is 1. The second kappa shape index (κ2) is 8.59. The molecule has 1 atom stereocenters. The number of rotatable bonds is 7. The van der Waals surface area contributed by atoms with Gasteiger partial charge in [-0.25, -0.2) is 0 Å². The molecule has 1 N–H and O–H groups in total. The lowest BCUT2D eigenvalue weighted by Crippen LogP contribution is -2.35. The van der Waals surface area contributed by atoms with E-state index in [-0.39, 0.29) is 0 Å². The van der Waals surface area contributed by atoms with E-state index >= 15 is 0 Å². The lowest BCUT2D eigenvalue weighted by atomic mass is 9.76. The van der Waals surface area contributed by atoms with Gasteiger partial charge in [-0.1, -0.05) is 39.0 Å². The first-order valence-corrected chi connectivity index (χ1v) is 7.42. The van der Waals surface area contributed by atoms with Crippen LogP contribution in [0.3, 0.4) is 0 Å². The van der Waals surface area contributed by atoms with Crippen molar-refractivity contribution in [2.75, 3.05) is 7.05 Å². The minimum atomic E-state index is 0.651. The summed E-state index contributed by atoms with van der Waals surface area (Å²) in [5.41, 5.74) is 0. The van der Waals surface area contributed by atoms with Crippen molar-refractivity contribution < 1.29 is 0 Å². The van der Waals surface area contributed by atoms with Crippen LogP contribution in [0.1, 0.15) is 64.7 Å². The third-order valence-electron chi connectivity index (χ3n) is 4.40. The zero-order chi connectivity index (χ0) is 12.5. The Morgan fingerprint density at radius 1 is 1.29 bits per heavy atom. The molecule has 1 unspecified atom stereocenters. The van der Waals surface area contributed by atoms with Crippen LogP contribution in [-0.2, 0) is 0 Å². The number of hydrogen-bond acceptors (Lipinski definition) is 1. The van der Waals surface area contributed by atoms with Crippen molar-refractivity contribution in [3.05, 3.63) is 0 Å². The van der Waals surface area contributed by atoms with Gasteiger partial charge in [-0.3, -0.25) is 0 Å². The molecule has 0 aliphatic heterocycles. The van der Waals surface area contributed by atoms with Crippen molar-refractivity contribution in [3.8, 4) is 12.3 Å². The van der Waals surface area contributed by atoms with E-state index in [1.807, 2.05) is 0 Å². The molecule has 0 spiro atoms. The number of unbranched alkanes of at least 4 members (excludes halogenated alkanes) is 1. The largest absolute Gasteiger partial charge is 0.317 e. The molecule has 1 rings (SSSR count). The van der Waals surface area contributed by atoms with Crippen molar-refractivity contribution in [2.24, 2.45) is 11.8 Å². The minimum Gasteiger partial charge on any atom is -0.317 e. The van der Waals surface area contributed by atoms with Crippen LogP contribution in [0.25, 0.3) is 0 Å². The average molecular weight is 235 g/mol. The van der Waals surface area contributed by atoms with Gasteiger partial charge in [0.2, 0.25) is 0 Å². The van der Waals surface area contributed by atoms with E-state index in [4.69, 9.17) is 6.42 Å². The van der Waals surface area contributed by atoms with Crippen LogP contribution >= 0.6 is 0 Å². The molecular weight excluding hydrogens is 206 g/mol. The van der Waals surface area contributed by atoms with Crippen LogP contribution in [0, 0.1) is 24.2 Å². The molecule has 1 saturated carbocycles. The van der Waals surface area contributed by atoms with E-state index in [0.29, 0.717) is 6.04 Å². The van der Waals surface area contributed by atoms with Gasteiger partial charge >= 0.3 is 0 Å². The summed E-state index contributed by atoms with van der Waals surface area (Å²) in [6.07, 6.45) is 17.4. The minimum absolute atomic E-state index is 0.651. The summed E-state index contributed by atoms with van der Waals surface area (Å²) >= 11 is 0. The van der Waals surface area contributed by atoms with E-state index < -0.39 is 0 Å². The second-order valence-electron chi connectivity index (χ2n) is 5.56. The first-order valence-electron chi connectivity index (χ1n) is 7.42. The zero-order valence-corrected chi connectivity index (χ0v) is 11.7. The van der Waals surface area contributed by atoms with Gasteiger partial charge in [0, 0.05) is 12.5 Å². The predicted molar refractivity (Wildman–Crippen MR) is 75.9 cm³/mol. The molecule has 0 aromatic carbocycles. The van der Waals surface area contributed by atoms with E-state index in [1.165, 1.54) is 44.9 Å². The van der Waals surface area contributed by atoms with Crippen LogP contribution in [0.4, 0.5) is 0 Å². The molecule has 1 fully saturated rings. The van der Waals surface area contributed by atoms with Gasteiger partial charge in [-0.15, -0.1) is 12.3 Å². The van der Waals surface area contributed by atoms with Crippen molar-refractivity contribution in [3.63, 3.8) is 0 Å². The molecule has 1 nitrogen and oxygen atoms in total. The molecular formula is C16H29N. The maximum Gasteiger partial charge on any atom is 0.0101 e. The number of hydrogen-bond donors (Lipinski definition) is 1. The molecule has 0 aromatic rings. The third kappa shape index (κ3) is 5.13. The van der Waals surface area contributed by atoms with Crippen LogP contribution in [0.15, 0.2) is 0 Å². The summed E-state index contributed by atoms with van der Waals surface area (Å²) in [5, 5.41) is 3.47. The normalized spacial score (nSPS) is 26.4. The van der Waals surface area contributed by atoms with Gasteiger partial charge in [0.05, 0.1) is 0 Å². The van der Waals surface area contributed by atoms with E-state index in [2.05, 4.69) is 25.2 Å².